The van der Waals surface area contributed by atoms with Crippen LogP contribution in [0.4, 0.5) is 5.69 Å². The molecular weight excluding hydrogens is 462 g/mol. The molecule has 3 rings (SSSR count). The molecule has 3 aromatic rings. The van der Waals surface area contributed by atoms with Crippen molar-refractivity contribution in [2.75, 3.05) is 5.32 Å². The molecule has 8 heteroatoms. The first-order chi connectivity index (χ1) is 16.6. The van der Waals surface area contributed by atoms with Crippen LogP contribution in [0.1, 0.15) is 47.3 Å². The van der Waals surface area contributed by atoms with Crippen molar-refractivity contribution in [1.82, 2.24) is 10.0 Å². The maximum Gasteiger partial charge on any atom is 0.251 e. The van der Waals surface area contributed by atoms with Crippen molar-refractivity contribution in [2.24, 2.45) is 5.92 Å². The predicted molar refractivity (Wildman–Crippen MR) is 137 cm³/mol. The van der Waals surface area contributed by atoms with E-state index in [0.29, 0.717) is 17.7 Å². The minimum Gasteiger partial charge on any atom is -0.348 e. The van der Waals surface area contributed by atoms with Gasteiger partial charge in [0, 0.05) is 30.8 Å². The van der Waals surface area contributed by atoms with Gasteiger partial charge in [-0.3, -0.25) is 9.59 Å². The van der Waals surface area contributed by atoms with Crippen LogP contribution in [0, 0.1) is 12.8 Å². The van der Waals surface area contributed by atoms with Gasteiger partial charge in [-0.25, -0.2) is 13.1 Å². The molecule has 184 valence electrons. The summed E-state index contributed by atoms with van der Waals surface area (Å²) in [7, 11) is -3.79. The molecule has 0 spiro atoms. The van der Waals surface area contributed by atoms with Gasteiger partial charge in [-0.15, -0.1) is 0 Å². The number of carbonyl (C=O) groups excluding carboxylic acids is 2. The number of hydrogen-bond acceptors (Lipinski definition) is 4. The van der Waals surface area contributed by atoms with Crippen LogP contribution >= 0.6 is 0 Å². The number of rotatable bonds is 10. The molecule has 35 heavy (non-hydrogen) atoms. The van der Waals surface area contributed by atoms with E-state index in [1.165, 1.54) is 12.1 Å². The van der Waals surface area contributed by atoms with Crippen molar-refractivity contribution in [3.05, 3.63) is 95.1 Å². The Balaban J connectivity index is 1.66. The molecule has 0 atom stereocenters. The quantitative estimate of drug-likeness (QED) is 0.390. The Hall–Kier alpha value is -3.49. The minimum absolute atomic E-state index is 0.0269. The predicted octanol–water partition coefficient (Wildman–Crippen LogP) is 4.39. The molecule has 0 bridgehead atoms. The SMILES string of the molecule is Cc1ccc(S(=O)(=O)NCc2ccccc2)cc1C(=O)NCc1cccc(NC(=O)CC(C)C)c1. The molecule has 0 unspecified atom stereocenters. The molecular formula is C27H31N3O4S. The zero-order chi connectivity index (χ0) is 25.4. The molecule has 0 saturated carbocycles. The summed E-state index contributed by atoms with van der Waals surface area (Å²) < 4.78 is 28.1. The summed E-state index contributed by atoms with van der Waals surface area (Å²) in [5.74, 6) is -0.179. The number of aryl methyl sites for hydroxylation is 1. The highest BCUT2D eigenvalue weighted by molar-refractivity contribution is 7.89. The second kappa shape index (κ2) is 11.8. The molecule has 0 aliphatic rings. The summed E-state index contributed by atoms with van der Waals surface area (Å²) in [6.07, 6.45) is 0.430. The number of carbonyl (C=O) groups is 2. The van der Waals surface area contributed by atoms with Gasteiger partial charge in [0.15, 0.2) is 0 Å². The maximum atomic E-state index is 12.9. The van der Waals surface area contributed by atoms with Crippen LogP contribution in [0.5, 0.6) is 0 Å². The van der Waals surface area contributed by atoms with E-state index < -0.39 is 10.0 Å². The third-order valence-corrected chi connectivity index (χ3v) is 6.73. The van der Waals surface area contributed by atoms with Gasteiger partial charge < -0.3 is 10.6 Å². The van der Waals surface area contributed by atoms with Gasteiger partial charge >= 0.3 is 0 Å². The summed E-state index contributed by atoms with van der Waals surface area (Å²) in [6, 6.07) is 21.0. The fourth-order valence-electron chi connectivity index (χ4n) is 3.49. The molecule has 0 aliphatic heterocycles. The molecule has 0 aliphatic carbocycles. The first-order valence-electron chi connectivity index (χ1n) is 11.5. The number of sulfonamides is 1. The molecule has 0 radical (unpaired) electrons. The van der Waals surface area contributed by atoms with Crippen LogP contribution in [0.3, 0.4) is 0 Å². The fraction of sp³-hybridized carbons (Fsp3) is 0.259. The lowest BCUT2D eigenvalue weighted by Crippen LogP contribution is -2.26. The second-order valence-corrected chi connectivity index (χ2v) is 10.6. The normalized spacial score (nSPS) is 11.3. The largest absolute Gasteiger partial charge is 0.348 e. The van der Waals surface area contributed by atoms with Gasteiger partial charge in [-0.1, -0.05) is 62.4 Å². The lowest BCUT2D eigenvalue weighted by molar-refractivity contribution is -0.116. The number of hydrogen-bond donors (Lipinski definition) is 3. The van der Waals surface area contributed by atoms with E-state index >= 15 is 0 Å². The van der Waals surface area contributed by atoms with E-state index in [9.17, 15) is 18.0 Å². The van der Waals surface area contributed by atoms with Crippen molar-refractivity contribution >= 4 is 27.5 Å². The summed E-state index contributed by atoms with van der Waals surface area (Å²) >= 11 is 0. The average Bonchev–Trinajstić information content (AvgIpc) is 2.82. The number of benzene rings is 3. The second-order valence-electron chi connectivity index (χ2n) is 8.82. The topological polar surface area (TPSA) is 104 Å². The Morgan fingerprint density at radius 2 is 1.57 bits per heavy atom. The summed E-state index contributed by atoms with van der Waals surface area (Å²) in [4.78, 5) is 24.9. The third-order valence-electron chi connectivity index (χ3n) is 5.33. The zero-order valence-electron chi connectivity index (χ0n) is 20.2. The van der Waals surface area contributed by atoms with E-state index in [1.54, 1.807) is 25.1 Å². The van der Waals surface area contributed by atoms with Gasteiger partial charge in [0.25, 0.3) is 5.91 Å². The minimum atomic E-state index is -3.79. The highest BCUT2D eigenvalue weighted by Crippen LogP contribution is 2.17. The van der Waals surface area contributed by atoms with Crippen LogP contribution in [0.25, 0.3) is 0 Å². The Morgan fingerprint density at radius 1 is 0.857 bits per heavy atom. The molecule has 0 aromatic heterocycles. The third kappa shape index (κ3) is 7.77. The van der Waals surface area contributed by atoms with E-state index in [0.717, 1.165) is 11.1 Å². The first-order valence-corrected chi connectivity index (χ1v) is 12.9. The lowest BCUT2D eigenvalue weighted by atomic mass is 10.1. The van der Waals surface area contributed by atoms with Gasteiger partial charge in [0.1, 0.15) is 0 Å². The van der Waals surface area contributed by atoms with E-state index in [1.807, 2.05) is 56.3 Å². The van der Waals surface area contributed by atoms with E-state index in [4.69, 9.17) is 0 Å². The molecule has 2 amide bonds. The Morgan fingerprint density at radius 3 is 2.29 bits per heavy atom. The Kier molecular flexibility index (Phi) is 8.78. The molecule has 0 heterocycles. The van der Waals surface area contributed by atoms with Crippen molar-refractivity contribution in [3.8, 4) is 0 Å². The number of anilines is 1. The van der Waals surface area contributed by atoms with Crippen LogP contribution in [-0.4, -0.2) is 20.2 Å². The van der Waals surface area contributed by atoms with E-state index in [2.05, 4.69) is 15.4 Å². The Bertz CT molecular complexity index is 1290. The average molecular weight is 494 g/mol. The number of nitrogens with one attached hydrogen (secondary N) is 3. The Labute approximate surface area is 207 Å². The highest BCUT2D eigenvalue weighted by atomic mass is 32.2. The summed E-state index contributed by atoms with van der Waals surface area (Å²) in [6.45, 7) is 6.10. The van der Waals surface area contributed by atoms with Gasteiger partial charge in [-0.05, 0) is 53.8 Å². The molecule has 3 N–H and O–H groups in total. The van der Waals surface area contributed by atoms with Crippen LogP contribution in [0.2, 0.25) is 0 Å². The smallest absolute Gasteiger partial charge is 0.251 e. The van der Waals surface area contributed by atoms with Gasteiger partial charge in [0.2, 0.25) is 15.9 Å². The monoisotopic (exact) mass is 493 g/mol. The van der Waals surface area contributed by atoms with Gasteiger partial charge in [0.05, 0.1) is 4.90 Å². The van der Waals surface area contributed by atoms with Crippen molar-refractivity contribution in [1.29, 1.82) is 0 Å². The summed E-state index contributed by atoms with van der Waals surface area (Å²) in [5, 5.41) is 5.70. The molecule has 0 saturated heterocycles. The zero-order valence-corrected chi connectivity index (χ0v) is 21.0. The van der Waals surface area contributed by atoms with Crippen LogP contribution < -0.4 is 15.4 Å². The molecule has 3 aromatic carbocycles. The van der Waals surface area contributed by atoms with Crippen molar-refractivity contribution in [2.45, 2.75) is 45.2 Å². The highest BCUT2D eigenvalue weighted by Gasteiger charge is 2.18. The maximum absolute atomic E-state index is 12.9. The van der Waals surface area contributed by atoms with Crippen molar-refractivity contribution < 1.29 is 18.0 Å². The molecule has 0 fully saturated rings. The summed E-state index contributed by atoms with van der Waals surface area (Å²) in [5.41, 5.74) is 3.26. The molecule has 7 nitrogen and oxygen atoms in total. The van der Waals surface area contributed by atoms with Crippen LogP contribution in [-0.2, 0) is 27.9 Å². The first kappa shape index (κ1) is 26.1. The lowest BCUT2D eigenvalue weighted by Gasteiger charge is -2.12. The standard InChI is InChI=1S/C27H31N3O4S/c1-19(2)14-26(31)30-23-11-7-10-22(15-23)17-28-27(32)25-16-24(13-12-20(25)3)35(33,34)29-18-21-8-5-4-6-9-21/h4-13,15-16,19,29H,14,17-18H2,1-3H3,(H,28,32)(H,30,31). The van der Waals surface area contributed by atoms with E-state index in [-0.39, 0.29) is 41.3 Å². The fourth-order valence-corrected chi connectivity index (χ4v) is 4.53. The van der Waals surface area contributed by atoms with Crippen LogP contribution in [0.15, 0.2) is 77.7 Å². The van der Waals surface area contributed by atoms with Crippen molar-refractivity contribution in [3.63, 3.8) is 0 Å². The number of amides is 2. The van der Waals surface area contributed by atoms with Gasteiger partial charge in [-0.2, -0.15) is 0 Å².